The van der Waals surface area contributed by atoms with Gasteiger partial charge in [-0.3, -0.25) is 0 Å². The van der Waals surface area contributed by atoms with Crippen molar-refractivity contribution in [1.82, 2.24) is 0 Å². The molecule has 5 nitrogen and oxygen atoms in total. The third-order valence-electron chi connectivity index (χ3n) is 4.42. The Bertz CT molecular complexity index is 451. The van der Waals surface area contributed by atoms with Crippen LogP contribution in [0.3, 0.4) is 0 Å². The van der Waals surface area contributed by atoms with Gasteiger partial charge in [0.25, 0.3) is 0 Å². The molecule has 1 rings (SSSR count). The predicted octanol–water partition coefficient (Wildman–Crippen LogP) is 5.15. The van der Waals surface area contributed by atoms with E-state index < -0.39 is 42.6 Å². The summed E-state index contributed by atoms with van der Waals surface area (Å²) in [5.41, 5.74) is 0. The van der Waals surface area contributed by atoms with Crippen molar-refractivity contribution in [2.45, 2.75) is 90.5 Å². The van der Waals surface area contributed by atoms with Gasteiger partial charge in [0.05, 0.1) is 8.80 Å². The van der Waals surface area contributed by atoms with E-state index in [1.807, 2.05) is 0 Å². The van der Waals surface area contributed by atoms with E-state index in [1.54, 1.807) is 0 Å². The summed E-state index contributed by atoms with van der Waals surface area (Å²) in [6.07, 6.45) is 0.942. The quantitative estimate of drug-likeness (QED) is 0.482. The molecule has 1 saturated heterocycles. The van der Waals surface area contributed by atoms with Crippen LogP contribution in [-0.4, -0.2) is 57.6 Å². The number of hydrogen-bond donors (Lipinski definition) is 0. The first kappa shape index (κ1) is 25.1. The zero-order valence-electron chi connectivity index (χ0n) is 18.9. The Labute approximate surface area is 168 Å². The van der Waals surface area contributed by atoms with Gasteiger partial charge in [-0.05, 0) is 70.5 Å². The molecule has 0 amide bonds. The maximum Gasteiger partial charge on any atom is 0.317 e. The Morgan fingerprint density at radius 3 is 1.62 bits per heavy atom. The molecular weight excluding hydrogens is 429 g/mol. The van der Waals surface area contributed by atoms with E-state index in [0.29, 0.717) is 0 Å². The molecule has 0 unspecified atom stereocenters. The summed E-state index contributed by atoms with van der Waals surface area (Å²) in [7, 11) is -11.2. The highest BCUT2D eigenvalue weighted by Crippen LogP contribution is 2.35. The first-order valence-electron chi connectivity index (χ1n) is 9.75. The van der Waals surface area contributed by atoms with Crippen LogP contribution < -0.4 is 0 Å². The van der Waals surface area contributed by atoms with Crippen LogP contribution in [0.25, 0.3) is 0 Å². The highest BCUT2D eigenvalue weighted by Gasteiger charge is 2.53. The summed E-state index contributed by atoms with van der Waals surface area (Å²) < 4.78 is 32.9. The fraction of sp³-hybridized carbons (Fsp3) is 1.00. The minimum absolute atomic E-state index is 0.348. The van der Waals surface area contributed by atoms with Crippen LogP contribution in [-0.2, 0) is 20.9 Å². The predicted molar refractivity (Wildman–Crippen MR) is 124 cm³/mol. The van der Waals surface area contributed by atoms with Gasteiger partial charge in [-0.15, -0.1) is 0 Å². The molecule has 0 spiro atoms. The smallest absolute Gasteiger partial charge is 0.317 e. The Hall–Kier alpha value is 1.10. The standard InChI is InChI=1S/C15H41O5Si6/c1-12-25(10)17-23(6,7)19-26(11,20-24(8,9)18-25)14-13-22(4,5)16-15-21(2)3/h12-15H2,1-11H3. The zero-order chi connectivity index (χ0) is 20.4. The van der Waals surface area contributed by atoms with E-state index in [0.717, 1.165) is 24.4 Å². The van der Waals surface area contributed by atoms with E-state index in [-0.39, 0.29) is 8.80 Å². The summed E-state index contributed by atoms with van der Waals surface area (Å²) in [6.45, 7) is 24.3. The summed E-state index contributed by atoms with van der Waals surface area (Å²) in [6, 6.07) is 2.96. The molecule has 0 saturated carbocycles. The van der Waals surface area contributed by atoms with Crippen molar-refractivity contribution in [2.24, 2.45) is 0 Å². The maximum atomic E-state index is 6.72. The van der Waals surface area contributed by atoms with Gasteiger partial charge in [-0.2, -0.15) is 0 Å². The number of hydrogen-bond acceptors (Lipinski definition) is 5. The largest absolute Gasteiger partial charge is 0.421 e. The van der Waals surface area contributed by atoms with Crippen molar-refractivity contribution in [2.75, 3.05) is 6.23 Å². The second-order valence-electron chi connectivity index (χ2n) is 9.58. The Kier molecular flexibility index (Phi) is 8.56. The molecule has 1 radical (unpaired) electrons. The Morgan fingerprint density at radius 1 is 0.808 bits per heavy atom. The zero-order valence-corrected chi connectivity index (χ0v) is 24.9. The van der Waals surface area contributed by atoms with Crippen LogP contribution in [0, 0.1) is 0 Å². The summed E-state index contributed by atoms with van der Waals surface area (Å²) in [5, 5.41) is 0. The lowest BCUT2D eigenvalue weighted by Gasteiger charge is -2.48. The molecular formula is C15H41O5Si6. The minimum atomic E-state index is -2.37. The SMILES string of the molecule is CC[Si]1(C)O[Si](C)(C)O[Si](C)(CC[Si](C)(C)OC[Si](C)C)O[Si](C)(C)O1. The maximum absolute atomic E-state index is 6.72. The van der Waals surface area contributed by atoms with Gasteiger partial charge >= 0.3 is 34.2 Å². The van der Waals surface area contributed by atoms with Crippen molar-refractivity contribution in [1.29, 1.82) is 0 Å². The van der Waals surface area contributed by atoms with Crippen molar-refractivity contribution in [3.05, 3.63) is 0 Å². The van der Waals surface area contributed by atoms with Crippen molar-refractivity contribution >= 4 is 51.4 Å². The molecule has 0 bridgehead atoms. The molecule has 1 aliphatic heterocycles. The van der Waals surface area contributed by atoms with Crippen LogP contribution in [0.15, 0.2) is 0 Å². The molecule has 1 aliphatic rings. The second kappa shape index (κ2) is 8.85. The molecule has 0 N–H and O–H groups in total. The van der Waals surface area contributed by atoms with Gasteiger partial charge in [-0.25, -0.2) is 0 Å². The fourth-order valence-electron chi connectivity index (χ4n) is 3.35. The normalized spacial score (nSPS) is 32.3. The van der Waals surface area contributed by atoms with Crippen LogP contribution in [0.4, 0.5) is 0 Å². The summed E-state index contributed by atoms with van der Waals surface area (Å²) >= 11 is 0. The molecule has 0 aromatic rings. The first-order valence-corrected chi connectivity index (χ1v) is 26.2. The van der Waals surface area contributed by atoms with Crippen molar-refractivity contribution < 1.29 is 20.9 Å². The minimum Gasteiger partial charge on any atom is -0.421 e. The van der Waals surface area contributed by atoms with Crippen molar-refractivity contribution in [3.63, 3.8) is 0 Å². The van der Waals surface area contributed by atoms with E-state index in [1.165, 1.54) is 0 Å². The van der Waals surface area contributed by atoms with Gasteiger partial charge in [0.2, 0.25) is 0 Å². The van der Waals surface area contributed by atoms with Crippen LogP contribution in [0.2, 0.25) is 83.6 Å². The molecule has 26 heavy (non-hydrogen) atoms. The lowest BCUT2D eigenvalue weighted by molar-refractivity contribution is 0.231. The van der Waals surface area contributed by atoms with E-state index >= 15 is 0 Å². The highest BCUT2D eigenvalue weighted by atomic mass is 28.5. The molecule has 155 valence electrons. The fourth-order valence-corrected chi connectivity index (χ4v) is 31.2. The van der Waals surface area contributed by atoms with Crippen LogP contribution in [0.1, 0.15) is 6.92 Å². The monoisotopic (exact) mass is 469 g/mol. The molecule has 1 heterocycles. The van der Waals surface area contributed by atoms with Crippen LogP contribution >= 0.6 is 0 Å². The number of rotatable bonds is 7. The molecule has 0 aromatic carbocycles. The molecule has 0 aromatic heterocycles. The summed E-state index contributed by atoms with van der Waals surface area (Å²) in [5.74, 6) is 0. The van der Waals surface area contributed by atoms with Gasteiger partial charge in [0.15, 0.2) is 8.32 Å². The van der Waals surface area contributed by atoms with Crippen LogP contribution in [0.5, 0.6) is 0 Å². The lowest BCUT2D eigenvalue weighted by Crippen LogP contribution is -2.65. The molecule has 11 heteroatoms. The molecule has 0 aliphatic carbocycles. The Morgan fingerprint density at radius 2 is 1.23 bits per heavy atom. The van der Waals surface area contributed by atoms with Gasteiger partial charge in [-0.1, -0.05) is 20.0 Å². The first-order chi connectivity index (χ1) is 11.5. The van der Waals surface area contributed by atoms with Gasteiger partial charge < -0.3 is 20.9 Å². The average molecular weight is 470 g/mol. The topological polar surface area (TPSA) is 46.2 Å². The van der Waals surface area contributed by atoms with E-state index in [2.05, 4.69) is 72.4 Å². The lowest BCUT2D eigenvalue weighted by atomic mass is 10.9. The summed E-state index contributed by atoms with van der Waals surface area (Å²) in [4.78, 5) is 0. The van der Waals surface area contributed by atoms with E-state index in [9.17, 15) is 0 Å². The van der Waals surface area contributed by atoms with Gasteiger partial charge in [0, 0.05) is 6.23 Å². The average Bonchev–Trinajstić information content (AvgIpc) is 2.39. The van der Waals surface area contributed by atoms with Gasteiger partial charge in [0.1, 0.15) is 0 Å². The third-order valence-corrected chi connectivity index (χ3v) is 25.5. The second-order valence-corrected chi connectivity index (χ2v) is 31.2. The Balaban J connectivity index is 2.91. The molecule has 1 fully saturated rings. The van der Waals surface area contributed by atoms with Crippen molar-refractivity contribution in [3.8, 4) is 0 Å². The molecule has 0 atom stereocenters. The third kappa shape index (κ3) is 8.63. The highest BCUT2D eigenvalue weighted by molar-refractivity contribution is 6.93. The van der Waals surface area contributed by atoms with E-state index in [4.69, 9.17) is 20.9 Å².